The van der Waals surface area contributed by atoms with E-state index in [1.54, 1.807) is 25.3 Å². The highest BCUT2D eigenvalue weighted by Crippen LogP contribution is 2.28. The van der Waals surface area contributed by atoms with E-state index in [0.717, 1.165) is 0 Å². The molecule has 0 amide bonds. The Morgan fingerprint density at radius 1 is 1.00 bits per heavy atom. The van der Waals surface area contributed by atoms with E-state index < -0.39 is 0 Å². The Labute approximate surface area is 105 Å². The Balaban J connectivity index is 2.11. The van der Waals surface area contributed by atoms with Crippen LogP contribution in [0.5, 0.6) is 23.0 Å². The lowest BCUT2D eigenvalue weighted by Crippen LogP contribution is -1.97. The molecule has 0 heterocycles. The van der Waals surface area contributed by atoms with E-state index in [1.165, 1.54) is 12.1 Å². The predicted molar refractivity (Wildman–Crippen MR) is 67.1 cm³/mol. The van der Waals surface area contributed by atoms with Gasteiger partial charge in [-0.05, 0) is 24.3 Å². The molecule has 4 heteroatoms. The average molecular weight is 246 g/mol. The van der Waals surface area contributed by atoms with Crippen LogP contribution in [0.25, 0.3) is 0 Å². The van der Waals surface area contributed by atoms with Crippen molar-refractivity contribution in [1.29, 1.82) is 0 Å². The molecule has 0 saturated heterocycles. The van der Waals surface area contributed by atoms with Crippen molar-refractivity contribution < 1.29 is 19.7 Å². The van der Waals surface area contributed by atoms with Gasteiger partial charge in [0, 0.05) is 11.6 Å². The van der Waals surface area contributed by atoms with E-state index >= 15 is 0 Å². The second-order valence-electron chi connectivity index (χ2n) is 3.75. The van der Waals surface area contributed by atoms with Crippen LogP contribution in [-0.2, 0) is 6.61 Å². The maximum Gasteiger partial charge on any atom is 0.161 e. The molecular formula is C14H14O4. The minimum absolute atomic E-state index is 0.00454. The molecule has 2 aromatic carbocycles. The predicted octanol–water partition coefficient (Wildman–Crippen LogP) is 2.69. The molecule has 0 unspecified atom stereocenters. The third-order valence-electron chi connectivity index (χ3n) is 2.52. The molecule has 0 aliphatic carbocycles. The summed E-state index contributed by atoms with van der Waals surface area (Å²) in [5.41, 5.74) is 0.596. The lowest BCUT2D eigenvalue weighted by Gasteiger charge is -2.11. The van der Waals surface area contributed by atoms with E-state index in [1.807, 2.05) is 12.1 Å². The highest BCUT2D eigenvalue weighted by Gasteiger charge is 2.06. The number of rotatable bonds is 4. The van der Waals surface area contributed by atoms with E-state index in [9.17, 15) is 10.2 Å². The fourth-order valence-corrected chi connectivity index (χ4v) is 1.57. The first kappa shape index (κ1) is 12.1. The third-order valence-corrected chi connectivity index (χ3v) is 2.52. The summed E-state index contributed by atoms with van der Waals surface area (Å²) < 4.78 is 10.7. The van der Waals surface area contributed by atoms with Crippen molar-refractivity contribution in [2.24, 2.45) is 0 Å². The molecule has 0 aliphatic rings. The molecule has 94 valence electrons. The van der Waals surface area contributed by atoms with Gasteiger partial charge < -0.3 is 19.7 Å². The molecular weight excluding hydrogens is 232 g/mol. The van der Waals surface area contributed by atoms with Crippen LogP contribution in [0.15, 0.2) is 42.5 Å². The number of methoxy groups -OCH3 is 1. The first-order valence-electron chi connectivity index (χ1n) is 5.47. The Kier molecular flexibility index (Phi) is 3.57. The number of hydrogen-bond donors (Lipinski definition) is 2. The summed E-state index contributed by atoms with van der Waals surface area (Å²) in [5, 5.41) is 18.8. The van der Waals surface area contributed by atoms with Gasteiger partial charge in [0.15, 0.2) is 11.5 Å². The molecule has 0 fully saturated rings. The van der Waals surface area contributed by atoms with Crippen LogP contribution in [0.3, 0.4) is 0 Å². The lowest BCUT2D eigenvalue weighted by molar-refractivity contribution is 0.279. The largest absolute Gasteiger partial charge is 0.508 e. The second-order valence-corrected chi connectivity index (χ2v) is 3.75. The highest BCUT2D eigenvalue weighted by molar-refractivity contribution is 5.41. The van der Waals surface area contributed by atoms with Crippen LogP contribution in [0, 0.1) is 0 Å². The quantitative estimate of drug-likeness (QED) is 0.870. The number of hydrogen-bond acceptors (Lipinski definition) is 4. The summed E-state index contributed by atoms with van der Waals surface area (Å²) in [6.45, 7) is 0.201. The number of ether oxygens (including phenoxy) is 2. The summed E-state index contributed by atoms with van der Waals surface area (Å²) in [6.07, 6.45) is 0. The van der Waals surface area contributed by atoms with Crippen molar-refractivity contribution in [2.75, 3.05) is 7.11 Å². The normalized spacial score (nSPS) is 10.1. The molecule has 18 heavy (non-hydrogen) atoms. The lowest BCUT2D eigenvalue weighted by atomic mass is 10.2. The number of phenolic OH excluding ortho intramolecular Hbond substituents is 2. The van der Waals surface area contributed by atoms with Crippen LogP contribution in [0.2, 0.25) is 0 Å². The van der Waals surface area contributed by atoms with E-state index in [4.69, 9.17) is 9.47 Å². The van der Waals surface area contributed by atoms with Crippen molar-refractivity contribution in [1.82, 2.24) is 0 Å². The number of phenols is 2. The van der Waals surface area contributed by atoms with Crippen molar-refractivity contribution in [3.63, 3.8) is 0 Å². The number of benzene rings is 2. The second kappa shape index (κ2) is 5.31. The van der Waals surface area contributed by atoms with Crippen LogP contribution in [-0.4, -0.2) is 17.3 Å². The standard InChI is InChI=1S/C14H14O4/c1-17-13-4-2-3-5-14(13)18-9-10-6-7-11(15)8-12(10)16/h2-8,15-16H,9H2,1H3. The van der Waals surface area contributed by atoms with Gasteiger partial charge in [0.1, 0.15) is 18.1 Å². The first-order chi connectivity index (χ1) is 8.70. The monoisotopic (exact) mass is 246 g/mol. The Bertz CT molecular complexity index is 537. The summed E-state index contributed by atoms with van der Waals surface area (Å²) in [6, 6.07) is 11.7. The van der Waals surface area contributed by atoms with Crippen molar-refractivity contribution in [3.8, 4) is 23.0 Å². The van der Waals surface area contributed by atoms with Gasteiger partial charge in [-0.3, -0.25) is 0 Å². The van der Waals surface area contributed by atoms with E-state index in [0.29, 0.717) is 17.1 Å². The average Bonchev–Trinajstić information content (AvgIpc) is 2.38. The van der Waals surface area contributed by atoms with E-state index in [-0.39, 0.29) is 18.1 Å². The van der Waals surface area contributed by atoms with Gasteiger partial charge in [-0.15, -0.1) is 0 Å². The first-order valence-corrected chi connectivity index (χ1v) is 5.47. The summed E-state index contributed by atoms with van der Waals surface area (Å²) >= 11 is 0. The topological polar surface area (TPSA) is 58.9 Å². The molecule has 2 rings (SSSR count). The fraction of sp³-hybridized carbons (Fsp3) is 0.143. The fourth-order valence-electron chi connectivity index (χ4n) is 1.57. The molecule has 0 radical (unpaired) electrons. The molecule has 0 atom stereocenters. The molecule has 0 spiro atoms. The Hall–Kier alpha value is -2.36. The summed E-state index contributed by atoms with van der Waals surface area (Å²) in [5.74, 6) is 1.27. The zero-order valence-electron chi connectivity index (χ0n) is 9.96. The molecule has 0 aliphatic heterocycles. The van der Waals surface area contributed by atoms with Gasteiger partial charge in [0.25, 0.3) is 0 Å². The van der Waals surface area contributed by atoms with Gasteiger partial charge in [0.2, 0.25) is 0 Å². The Morgan fingerprint density at radius 2 is 1.72 bits per heavy atom. The van der Waals surface area contributed by atoms with Crippen LogP contribution in [0.1, 0.15) is 5.56 Å². The number of para-hydroxylation sites is 2. The van der Waals surface area contributed by atoms with Crippen LogP contribution < -0.4 is 9.47 Å². The zero-order valence-corrected chi connectivity index (χ0v) is 9.96. The molecule has 0 aromatic heterocycles. The van der Waals surface area contributed by atoms with Gasteiger partial charge >= 0.3 is 0 Å². The summed E-state index contributed by atoms with van der Waals surface area (Å²) in [7, 11) is 1.57. The molecule has 4 nitrogen and oxygen atoms in total. The summed E-state index contributed by atoms with van der Waals surface area (Å²) in [4.78, 5) is 0. The highest BCUT2D eigenvalue weighted by atomic mass is 16.5. The van der Waals surface area contributed by atoms with Crippen LogP contribution >= 0.6 is 0 Å². The molecule has 2 N–H and O–H groups in total. The molecule has 0 bridgehead atoms. The van der Waals surface area contributed by atoms with E-state index in [2.05, 4.69) is 0 Å². The van der Waals surface area contributed by atoms with Gasteiger partial charge in [-0.25, -0.2) is 0 Å². The smallest absolute Gasteiger partial charge is 0.161 e. The maximum atomic E-state index is 9.62. The van der Waals surface area contributed by atoms with Gasteiger partial charge in [-0.1, -0.05) is 12.1 Å². The van der Waals surface area contributed by atoms with Crippen molar-refractivity contribution in [2.45, 2.75) is 6.61 Å². The number of aromatic hydroxyl groups is 2. The van der Waals surface area contributed by atoms with Crippen molar-refractivity contribution >= 4 is 0 Å². The van der Waals surface area contributed by atoms with Gasteiger partial charge in [0.05, 0.1) is 7.11 Å². The third kappa shape index (κ3) is 2.66. The minimum atomic E-state index is 0.00454. The maximum absolute atomic E-state index is 9.62. The van der Waals surface area contributed by atoms with Gasteiger partial charge in [-0.2, -0.15) is 0 Å². The Morgan fingerprint density at radius 3 is 2.39 bits per heavy atom. The minimum Gasteiger partial charge on any atom is -0.508 e. The molecule has 2 aromatic rings. The van der Waals surface area contributed by atoms with Crippen molar-refractivity contribution in [3.05, 3.63) is 48.0 Å². The zero-order chi connectivity index (χ0) is 13.0. The molecule has 0 saturated carbocycles. The SMILES string of the molecule is COc1ccccc1OCc1ccc(O)cc1O. The van der Waals surface area contributed by atoms with Crippen LogP contribution in [0.4, 0.5) is 0 Å².